The number of ketones is 1. The van der Waals surface area contributed by atoms with Gasteiger partial charge in [-0.05, 0) is 32.4 Å². The molecule has 2 rings (SSSR count). The van der Waals surface area contributed by atoms with Crippen LogP contribution in [0.15, 0.2) is 42.0 Å². The average molecular weight is 302 g/mol. The lowest BCUT2D eigenvalue weighted by Gasteiger charge is -2.36. The van der Waals surface area contributed by atoms with E-state index in [1.54, 1.807) is 31.4 Å². The highest BCUT2D eigenvalue weighted by Crippen LogP contribution is 2.31. The van der Waals surface area contributed by atoms with Crippen molar-refractivity contribution in [3.05, 3.63) is 47.5 Å². The second kappa shape index (κ2) is 7.36. The largest absolute Gasteiger partial charge is 0.456 e. The third-order valence-electron chi connectivity index (χ3n) is 4.20. The third-order valence-corrected chi connectivity index (χ3v) is 4.20. The Balaban J connectivity index is 2.16. The molecule has 0 radical (unpaired) electrons. The van der Waals surface area contributed by atoms with Crippen molar-refractivity contribution in [2.75, 3.05) is 7.11 Å². The van der Waals surface area contributed by atoms with Crippen LogP contribution in [0, 0.1) is 5.92 Å². The minimum Gasteiger partial charge on any atom is -0.456 e. The van der Waals surface area contributed by atoms with Crippen molar-refractivity contribution in [2.45, 2.75) is 38.9 Å². The van der Waals surface area contributed by atoms with Crippen LogP contribution in [0.5, 0.6) is 0 Å². The molecule has 0 heterocycles. The van der Waals surface area contributed by atoms with Gasteiger partial charge in [-0.15, -0.1) is 0 Å². The summed E-state index contributed by atoms with van der Waals surface area (Å²) in [5, 5.41) is 0. The first-order chi connectivity index (χ1) is 10.6. The van der Waals surface area contributed by atoms with E-state index in [9.17, 15) is 9.59 Å². The molecule has 4 heteroatoms. The smallest absolute Gasteiger partial charge is 0.338 e. The first kappa shape index (κ1) is 16.4. The highest BCUT2D eigenvalue weighted by atomic mass is 16.6. The van der Waals surface area contributed by atoms with Gasteiger partial charge < -0.3 is 9.47 Å². The molecule has 1 aliphatic carbocycles. The molecule has 4 nitrogen and oxygen atoms in total. The van der Waals surface area contributed by atoms with Gasteiger partial charge in [-0.3, -0.25) is 4.79 Å². The van der Waals surface area contributed by atoms with E-state index in [0.717, 1.165) is 5.57 Å². The monoisotopic (exact) mass is 302 g/mol. The molecule has 118 valence electrons. The highest BCUT2D eigenvalue weighted by molar-refractivity contribution is 5.90. The maximum Gasteiger partial charge on any atom is 0.338 e. The van der Waals surface area contributed by atoms with Crippen molar-refractivity contribution in [1.82, 2.24) is 0 Å². The van der Waals surface area contributed by atoms with Crippen LogP contribution >= 0.6 is 0 Å². The predicted molar refractivity (Wildman–Crippen MR) is 83.6 cm³/mol. The average Bonchev–Trinajstić information content (AvgIpc) is 2.56. The number of rotatable bonds is 4. The van der Waals surface area contributed by atoms with E-state index >= 15 is 0 Å². The van der Waals surface area contributed by atoms with Gasteiger partial charge in [0.2, 0.25) is 0 Å². The van der Waals surface area contributed by atoms with E-state index in [4.69, 9.17) is 9.47 Å². The fraction of sp³-hybridized carbons (Fsp3) is 0.444. The van der Waals surface area contributed by atoms with Gasteiger partial charge in [0.25, 0.3) is 0 Å². The number of methoxy groups -OCH3 is 1. The second-order valence-electron chi connectivity index (χ2n) is 5.53. The van der Waals surface area contributed by atoms with Crippen molar-refractivity contribution < 1.29 is 19.1 Å². The number of carbonyl (C=O) groups excluding carboxylic acids is 2. The van der Waals surface area contributed by atoms with E-state index < -0.39 is 12.2 Å². The third kappa shape index (κ3) is 3.45. The van der Waals surface area contributed by atoms with Crippen LogP contribution in [-0.4, -0.2) is 31.1 Å². The molecule has 3 unspecified atom stereocenters. The number of ether oxygens (including phenoxy) is 2. The quantitative estimate of drug-likeness (QED) is 0.633. The summed E-state index contributed by atoms with van der Waals surface area (Å²) in [5.74, 6) is -0.564. The minimum absolute atomic E-state index is 0.148. The molecular weight excluding hydrogens is 280 g/mol. The Kier molecular flexibility index (Phi) is 5.50. The zero-order valence-electron chi connectivity index (χ0n) is 13.2. The molecule has 1 fully saturated rings. The van der Waals surface area contributed by atoms with E-state index in [2.05, 4.69) is 0 Å². The SMILES string of the molecule is CC=C(C)C1C(=O)CCC(OC(=O)c2ccccc2)C1OC. The first-order valence-corrected chi connectivity index (χ1v) is 7.52. The fourth-order valence-electron chi connectivity index (χ4n) is 2.89. The fourth-order valence-corrected chi connectivity index (χ4v) is 2.89. The number of hydrogen-bond donors (Lipinski definition) is 0. The molecule has 22 heavy (non-hydrogen) atoms. The molecule has 0 spiro atoms. The standard InChI is InChI=1S/C18H22O4/c1-4-12(2)16-14(19)10-11-15(17(16)21-3)22-18(20)13-8-6-5-7-9-13/h4-9,15-17H,10-11H2,1-3H3. The summed E-state index contributed by atoms with van der Waals surface area (Å²) < 4.78 is 11.1. The molecule has 3 atom stereocenters. The zero-order valence-corrected chi connectivity index (χ0v) is 13.2. The Labute approximate surface area is 131 Å². The summed E-state index contributed by atoms with van der Waals surface area (Å²) in [7, 11) is 1.56. The van der Waals surface area contributed by atoms with E-state index in [1.807, 2.05) is 26.0 Å². The lowest BCUT2D eigenvalue weighted by Crippen LogP contribution is -2.46. The Morgan fingerprint density at radius 2 is 1.95 bits per heavy atom. The van der Waals surface area contributed by atoms with Crippen molar-refractivity contribution in [3.8, 4) is 0 Å². The van der Waals surface area contributed by atoms with Crippen molar-refractivity contribution >= 4 is 11.8 Å². The Morgan fingerprint density at radius 1 is 1.27 bits per heavy atom. The number of Topliss-reactive ketones (excluding diaryl/α,β-unsaturated/α-hetero) is 1. The van der Waals surface area contributed by atoms with Gasteiger partial charge in [-0.1, -0.05) is 29.8 Å². The lowest BCUT2D eigenvalue weighted by molar-refractivity contribution is -0.137. The number of esters is 1. The summed E-state index contributed by atoms with van der Waals surface area (Å²) in [6.45, 7) is 3.81. The molecule has 0 N–H and O–H groups in total. The van der Waals surface area contributed by atoms with E-state index in [-0.39, 0.29) is 17.7 Å². The van der Waals surface area contributed by atoms with Gasteiger partial charge in [0, 0.05) is 13.5 Å². The molecule has 1 saturated carbocycles. The number of carbonyl (C=O) groups is 2. The van der Waals surface area contributed by atoms with Gasteiger partial charge in [0.1, 0.15) is 18.0 Å². The summed E-state index contributed by atoms with van der Waals surface area (Å²) in [6.07, 6.45) is 1.99. The second-order valence-corrected chi connectivity index (χ2v) is 5.53. The minimum atomic E-state index is -0.426. The van der Waals surface area contributed by atoms with Crippen LogP contribution in [0.3, 0.4) is 0 Å². The molecular formula is C18H22O4. The Hall–Kier alpha value is -1.94. The lowest BCUT2D eigenvalue weighted by atomic mass is 9.79. The summed E-state index contributed by atoms with van der Waals surface area (Å²) in [4.78, 5) is 24.4. The van der Waals surface area contributed by atoms with Crippen LogP contribution in [0.25, 0.3) is 0 Å². The van der Waals surface area contributed by atoms with Gasteiger partial charge in [0.05, 0.1) is 11.5 Å². The molecule has 0 aromatic heterocycles. The topological polar surface area (TPSA) is 52.6 Å². The molecule has 1 aromatic carbocycles. The molecule has 1 aromatic rings. The van der Waals surface area contributed by atoms with Crippen LogP contribution < -0.4 is 0 Å². The zero-order chi connectivity index (χ0) is 16.1. The number of allylic oxidation sites excluding steroid dienone is 1. The van der Waals surface area contributed by atoms with Crippen LogP contribution in [0.2, 0.25) is 0 Å². The summed E-state index contributed by atoms with van der Waals surface area (Å²) in [5.41, 5.74) is 1.46. The normalized spacial score (nSPS) is 25.9. The van der Waals surface area contributed by atoms with Crippen molar-refractivity contribution in [3.63, 3.8) is 0 Å². The van der Waals surface area contributed by atoms with Crippen LogP contribution in [0.1, 0.15) is 37.0 Å². The molecule has 0 amide bonds. The van der Waals surface area contributed by atoms with Gasteiger partial charge in [-0.2, -0.15) is 0 Å². The Bertz CT molecular complexity index is 562. The molecule has 0 saturated heterocycles. The van der Waals surface area contributed by atoms with Gasteiger partial charge in [-0.25, -0.2) is 4.79 Å². The number of hydrogen-bond acceptors (Lipinski definition) is 4. The maximum atomic E-state index is 12.2. The molecule has 1 aliphatic rings. The summed E-state index contributed by atoms with van der Waals surface area (Å²) >= 11 is 0. The molecule has 0 bridgehead atoms. The first-order valence-electron chi connectivity index (χ1n) is 7.52. The van der Waals surface area contributed by atoms with Crippen molar-refractivity contribution in [2.24, 2.45) is 5.92 Å². The van der Waals surface area contributed by atoms with E-state index in [0.29, 0.717) is 18.4 Å². The summed E-state index contributed by atoms with van der Waals surface area (Å²) in [6, 6.07) is 8.86. The highest BCUT2D eigenvalue weighted by Gasteiger charge is 2.41. The van der Waals surface area contributed by atoms with Crippen LogP contribution in [0.4, 0.5) is 0 Å². The number of benzene rings is 1. The van der Waals surface area contributed by atoms with Crippen LogP contribution in [-0.2, 0) is 14.3 Å². The Morgan fingerprint density at radius 3 is 2.55 bits per heavy atom. The van der Waals surface area contributed by atoms with E-state index in [1.165, 1.54) is 0 Å². The van der Waals surface area contributed by atoms with Crippen molar-refractivity contribution in [1.29, 1.82) is 0 Å². The van der Waals surface area contributed by atoms with Gasteiger partial charge in [0.15, 0.2) is 0 Å². The molecule has 0 aliphatic heterocycles. The van der Waals surface area contributed by atoms with Gasteiger partial charge >= 0.3 is 5.97 Å². The predicted octanol–water partition coefficient (Wildman–Crippen LogP) is 3.17. The maximum absolute atomic E-state index is 12.2.